The largest absolute Gasteiger partial charge is 0.507 e. The number of thioether (sulfide) groups is 1. The first-order chi connectivity index (χ1) is 20.5. The summed E-state index contributed by atoms with van der Waals surface area (Å²) in [5.74, 6) is 0.185. The summed E-state index contributed by atoms with van der Waals surface area (Å²) in [5.41, 5.74) is 2.16. The fourth-order valence-electron chi connectivity index (χ4n) is 4.53. The normalized spacial score (nSPS) is 16.1. The van der Waals surface area contributed by atoms with Gasteiger partial charge in [-0.25, -0.2) is 0 Å². The number of aliphatic hydroxyl groups is 1. The summed E-state index contributed by atoms with van der Waals surface area (Å²) in [5, 5.41) is 20.3. The molecule has 0 spiro atoms. The van der Waals surface area contributed by atoms with E-state index in [1.807, 2.05) is 61.5 Å². The molecule has 0 radical (unpaired) electrons. The summed E-state index contributed by atoms with van der Waals surface area (Å²) in [6.45, 7) is 5.08. The Kier molecular flexibility index (Phi) is 9.55. The van der Waals surface area contributed by atoms with Crippen molar-refractivity contribution in [1.29, 1.82) is 0 Å². The third-order valence-corrected chi connectivity index (χ3v) is 8.78. The number of ether oxygens (including phenoxy) is 2. The van der Waals surface area contributed by atoms with Crippen LogP contribution in [0.5, 0.6) is 11.5 Å². The van der Waals surface area contributed by atoms with Crippen molar-refractivity contribution < 1.29 is 24.2 Å². The van der Waals surface area contributed by atoms with Crippen molar-refractivity contribution in [3.63, 3.8) is 0 Å². The minimum absolute atomic E-state index is 0.0162. The predicted molar refractivity (Wildman–Crippen MR) is 165 cm³/mol. The van der Waals surface area contributed by atoms with Gasteiger partial charge in [-0.2, -0.15) is 0 Å². The van der Waals surface area contributed by atoms with Gasteiger partial charge >= 0.3 is 5.91 Å². The molecule has 0 saturated carbocycles. The van der Waals surface area contributed by atoms with Crippen LogP contribution in [0.3, 0.4) is 0 Å². The molecular formula is C32H31N3O5S2. The molecule has 1 aliphatic heterocycles. The molecule has 1 saturated heterocycles. The van der Waals surface area contributed by atoms with Crippen LogP contribution in [0, 0.1) is 0 Å². The number of carbonyl (C=O) groups excluding carboxylic acids is 2. The summed E-state index contributed by atoms with van der Waals surface area (Å²) in [7, 11) is 0. The van der Waals surface area contributed by atoms with E-state index in [1.165, 1.54) is 28.0 Å². The highest BCUT2D eigenvalue weighted by Gasteiger charge is 2.48. The highest BCUT2D eigenvalue weighted by Crippen LogP contribution is 2.44. The highest BCUT2D eigenvalue weighted by molar-refractivity contribution is 8.00. The number of nitrogens with zero attached hydrogens (tertiary/aromatic N) is 3. The number of rotatable bonds is 12. The monoisotopic (exact) mass is 601 g/mol. The Morgan fingerprint density at radius 2 is 1.62 bits per heavy atom. The van der Waals surface area contributed by atoms with Gasteiger partial charge in [0.1, 0.15) is 17.3 Å². The van der Waals surface area contributed by atoms with E-state index in [-0.39, 0.29) is 16.5 Å². The van der Waals surface area contributed by atoms with E-state index in [4.69, 9.17) is 9.47 Å². The lowest BCUT2D eigenvalue weighted by atomic mass is 9.95. The van der Waals surface area contributed by atoms with E-state index >= 15 is 0 Å². The molecule has 0 bridgehead atoms. The van der Waals surface area contributed by atoms with E-state index in [0.717, 1.165) is 18.4 Å². The number of hydrogen-bond acceptors (Lipinski definition) is 9. The molecule has 5 rings (SSSR count). The van der Waals surface area contributed by atoms with Crippen LogP contribution >= 0.6 is 23.1 Å². The number of anilines is 1. The van der Waals surface area contributed by atoms with E-state index in [9.17, 15) is 14.7 Å². The first-order valence-corrected chi connectivity index (χ1v) is 15.6. The lowest BCUT2D eigenvalue weighted by Crippen LogP contribution is -2.29. The van der Waals surface area contributed by atoms with Gasteiger partial charge < -0.3 is 14.6 Å². The maximum atomic E-state index is 13.5. The number of aliphatic hydroxyl groups excluding tert-OH is 1. The fraction of sp³-hybridized carbons (Fsp3) is 0.250. The number of ketones is 1. The Morgan fingerprint density at radius 3 is 2.31 bits per heavy atom. The topological polar surface area (TPSA) is 102 Å². The summed E-state index contributed by atoms with van der Waals surface area (Å²) < 4.78 is 12.0. The van der Waals surface area contributed by atoms with Crippen molar-refractivity contribution in [2.45, 2.75) is 42.8 Å². The SMILES string of the molecule is CCCCOc1ccc(C2/C(=C(/O)c3ccc(OCC)cc3)C(=O)C(=O)N2c2nnc(SCc3ccccc3)s2)cc1. The molecule has 1 aromatic heterocycles. The maximum Gasteiger partial charge on any atom is 0.301 e. The molecule has 1 unspecified atom stereocenters. The van der Waals surface area contributed by atoms with Gasteiger partial charge in [-0.3, -0.25) is 14.5 Å². The molecule has 1 N–H and O–H groups in total. The summed E-state index contributed by atoms with van der Waals surface area (Å²) in [4.78, 5) is 28.4. The quantitative estimate of drug-likeness (QED) is 0.0461. The van der Waals surface area contributed by atoms with Crippen LogP contribution in [0.25, 0.3) is 5.76 Å². The molecule has 8 nitrogen and oxygen atoms in total. The van der Waals surface area contributed by atoms with Crippen molar-refractivity contribution >= 4 is 45.7 Å². The zero-order valence-electron chi connectivity index (χ0n) is 23.4. The summed E-state index contributed by atoms with van der Waals surface area (Å²) in [6, 6.07) is 23.1. The van der Waals surface area contributed by atoms with Crippen molar-refractivity contribution in [2.75, 3.05) is 18.1 Å². The second kappa shape index (κ2) is 13.7. The van der Waals surface area contributed by atoms with E-state index < -0.39 is 17.7 Å². The number of amides is 1. The van der Waals surface area contributed by atoms with Gasteiger partial charge in [0, 0.05) is 11.3 Å². The maximum absolute atomic E-state index is 13.5. The van der Waals surface area contributed by atoms with E-state index in [2.05, 4.69) is 17.1 Å². The second-order valence-electron chi connectivity index (χ2n) is 9.52. The number of unbranched alkanes of at least 4 members (excludes halogenated alkanes) is 1. The standard InChI is InChI=1S/C32H31N3O5S2/c1-3-5-19-40-25-15-11-22(12-16-25)27-26(28(36)23-13-17-24(18-14-23)39-4-2)29(37)30(38)35(27)31-33-34-32(42-31)41-20-21-9-7-6-8-10-21/h6-18,27,36H,3-5,19-20H2,1-2H3/b28-26-. The molecule has 1 aliphatic rings. The molecule has 1 amide bonds. The summed E-state index contributed by atoms with van der Waals surface area (Å²) in [6.07, 6.45) is 1.96. The number of Topliss-reactive ketones (excluding diaryl/α,β-unsaturated/α-hetero) is 1. The third-order valence-electron chi connectivity index (χ3n) is 6.65. The van der Waals surface area contributed by atoms with Gasteiger partial charge in [-0.05, 0) is 60.9 Å². The molecule has 42 heavy (non-hydrogen) atoms. The van der Waals surface area contributed by atoms with Crippen molar-refractivity contribution in [3.05, 3.63) is 101 Å². The molecule has 216 valence electrons. The zero-order valence-corrected chi connectivity index (χ0v) is 25.0. The van der Waals surface area contributed by atoms with E-state index in [0.29, 0.717) is 45.9 Å². The molecule has 10 heteroatoms. The average molecular weight is 602 g/mol. The van der Waals surface area contributed by atoms with Gasteiger partial charge in [-0.15, -0.1) is 10.2 Å². The van der Waals surface area contributed by atoms with Crippen LogP contribution < -0.4 is 14.4 Å². The highest BCUT2D eigenvalue weighted by atomic mass is 32.2. The molecule has 2 heterocycles. The molecule has 0 aliphatic carbocycles. The number of benzene rings is 3. The van der Waals surface area contributed by atoms with Crippen LogP contribution in [0.2, 0.25) is 0 Å². The van der Waals surface area contributed by atoms with Crippen LogP contribution in [0.4, 0.5) is 5.13 Å². The van der Waals surface area contributed by atoms with Crippen LogP contribution in [-0.2, 0) is 15.3 Å². The fourth-order valence-corrected chi connectivity index (χ4v) is 6.36. The van der Waals surface area contributed by atoms with Gasteiger partial charge in [0.15, 0.2) is 4.34 Å². The van der Waals surface area contributed by atoms with Gasteiger partial charge in [0.05, 0.1) is 24.8 Å². The Bertz CT molecular complexity index is 1550. The lowest BCUT2D eigenvalue weighted by Gasteiger charge is -2.22. The number of carbonyl (C=O) groups is 2. The summed E-state index contributed by atoms with van der Waals surface area (Å²) >= 11 is 2.74. The van der Waals surface area contributed by atoms with Crippen molar-refractivity contribution in [3.8, 4) is 11.5 Å². The van der Waals surface area contributed by atoms with Crippen LogP contribution in [0.15, 0.2) is 88.8 Å². The Morgan fingerprint density at radius 1 is 0.929 bits per heavy atom. The average Bonchev–Trinajstić information content (AvgIpc) is 3.59. The molecule has 4 aromatic rings. The minimum atomic E-state index is -0.902. The first kappa shape index (κ1) is 29.3. The van der Waals surface area contributed by atoms with Gasteiger partial charge in [0.25, 0.3) is 5.78 Å². The smallest absolute Gasteiger partial charge is 0.301 e. The first-order valence-electron chi connectivity index (χ1n) is 13.8. The van der Waals surface area contributed by atoms with E-state index in [1.54, 1.807) is 24.3 Å². The second-order valence-corrected chi connectivity index (χ2v) is 11.7. The third kappa shape index (κ3) is 6.50. The predicted octanol–water partition coefficient (Wildman–Crippen LogP) is 7.03. The van der Waals surface area contributed by atoms with Crippen LogP contribution in [-0.4, -0.2) is 40.2 Å². The zero-order chi connectivity index (χ0) is 29.5. The molecule has 3 aromatic carbocycles. The number of aromatic nitrogens is 2. The minimum Gasteiger partial charge on any atom is -0.507 e. The molecule has 1 fully saturated rings. The lowest BCUT2D eigenvalue weighted by molar-refractivity contribution is -0.132. The van der Waals surface area contributed by atoms with Gasteiger partial charge in [0.2, 0.25) is 5.13 Å². The Labute approximate surface area is 253 Å². The van der Waals surface area contributed by atoms with Crippen molar-refractivity contribution in [2.24, 2.45) is 0 Å². The van der Waals surface area contributed by atoms with Gasteiger partial charge in [-0.1, -0.05) is 78.9 Å². The molecule has 1 atom stereocenters. The number of hydrogen-bond donors (Lipinski definition) is 1. The molecular weight excluding hydrogens is 571 g/mol. The Balaban J connectivity index is 1.51. The Hall–Kier alpha value is -4.15. The van der Waals surface area contributed by atoms with Crippen molar-refractivity contribution in [1.82, 2.24) is 10.2 Å². The van der Waals surface area contributed by atoms with Crippen LogP contribution in [0.1, 0.15) is 49.4 Å².